The molecule has 0 bridgehead atoms. The van der Waals surface area contributed by atoms with Gasteiger partial charge in [-0.2, -0.15) is 0 Å². The van der Waals surface area contributed by atoms with Crippen molar-refractivity contribution in [1.82, 2.24) is 0 Å². The largest absolute Gasteiger partial charge is 0.396 e. The van der Waals surface area contributed by atoms with Gasteiger partial charge in [0.2, 0.25) is 0 Å². The van der Waals surface area contributed by atoms with E-state index >= 15 is 0 Å². The lowest BCUT2D eigenvalue weighted by Gasteiger charge is -2.40. The molecule has 2 N–H and O–H groups in total. The van der Waals surface area contributed by atoms with E-state index in [9.17, 15) is 8.78 Å². The van der Waals surface area contributed by atoms with Gasteiger partial charge in [0.25, 0.3) is 0 Å². The molecular weight excluding hydrogens is 198 g/mol. The maximum atomic E-state index is 13.4. The lowest BCUT2D eigenvalue weighted by atomic mass is 9.96. The Labute approximate surface area is 87.7 Å². The molecule has 0 atom stereocenters. The highest BCUT2D eigenvalue weighted by Crippen LogP contribution is 2.31. The van der Waals surface area contributed by atoms with Gasteiger partial charge in [0.15, 0.2) is 0 Å². The Balaban J connectivity index is 2.19. The average molecular weight is 212 g/mol. The van der Waals surface area contributed by atoms with Crippen LogP contribution in [0, 0.1) is 17.6 Å². The molecule has 2 nitrogen and oxygen atoms in total. The van der Waals surface area contributed by atoms with Gasteiger partial charge in [-0.15, -0.1) is 0 Å². The summed E-state index contributed by atoms with van der Waals surface area (Å²) in [7, 11) is 0. The molecule has 1 aliphatic heterocycles. The molecule has 0 radical (unpaired) electrons. The number of nitrogens with zero attached hydrogens (tertiary/aromatic N) is 1. The second kappa shape index (κ2) is 3.68. The lowest BCUT2D eigenvalue weighted by molar-refractivity contribution is 0.393. The van der Waals surface area contributed by atoms with E-state index in [0.29, 0.717) is 11.6 Å². The van der Waals surface area contributed by atoms with E-state index in [2.05, 4.69) is 6.92 Å². The Kier molecular flexibility index (Phi) is 2.50. The molecule has 0 spiro atoms. The molecule has 0 aliphatic carbocycles. The molecule has 82 valence electrons. The zero-order chi connectivity index (χ0) is 11.0. The normalized spacial score (nSPS) is 16.6. The van der Waals surface area contributed by atoms with Gasteiger partial charge in [-0.25, -0.2) is 8.78 Å². The topological polar surface area (TPSA) is 29.3 Å². The Hall–Kier alpha value is -1.32. The van der Waals surface area contributed by atoms with Crippen molar-refractivity contribution in [3.05, 3.63) is 23.8 Å². The van der Waals surface area contributed by atoms with Gasteiger partial charge in [-0.05, 0) is 18.4 Å². The Morgan fingerprint density at radius 2 is 2.00 bits per heavy atom. The first-order valence-electron chi connectivity index (χ1n) is 5.11. The molecular formula is C11H14F2N2. The summed E-state index contributed by atoms with van der Waals surface area (Å²) in [6, 6.07) is 2.22. The van der Waals surface area contributed by atoms with Crippen LogP contribution >= 0.6 is 0 Å². The first-order chi connectivity index (χ1) is 7.11. The number of nitrogens with two attached hydrogens (primary N) is 1. The maximum absolute atomic E-state index is 13.4. The van der Waals surface area contributed by atoms with Gasteiger partial charge in [-0.1, -0.05) is 6.92 Å². The molecule has 1 aromatic carbocycles. The van der Waals surface area contributed by atoms with E-state index in [0.717, 1.165) is 25.6 Å². The molecule has 0 aromatic heterocycles. The summed E-state index contributed by atoms with van der Waals surface area (Å²) in [5.74, 6) is -0.601. The summed E-state index contributed by atoms with van der Waals surface area (Å²) >= 11 is 0. The fourth-order valence-corrected chi connectivity index (χ4v) is 1.82. The van der Waals surface area contributed by atoms with Crippen molar-refractivity contribution in [2.75, 3.05) is 23.7 Å². The number of rotatable bonds is 2. The summed E-state index contributed by atoms with van der Waals surface area (Å²) in [6.45, 7) is 3.77. The van der Waals surface area contributed by atoms with E-state index in [-0.39, 0.29) is 5.69 Å². The maximum Gasteiger partial charge on any atom is 0.149 e. The quantitative estimate of drug-likeness (QED) is 0.763. The second-order valence-corrected chi connectivity index (χ2v) is 4.00. The predicted molar refractivity (Wildman–Crippen MR) is 56.8 cm³/mol. The van der Waals surface area contributed by atoms with Crippen LogP contribution < -0.4 is 10.6 Å². The molecule has 0 amide bonds. The molecule has 4 heteroatoms. The van der Waals surface area contributed by atoms with Crippen LogP contribution in [0.3, 0.4) is 0 Å². The van der Waals surface area contributed by atoms with E-state index < -0.39 is 11.6 Å². The number of benzene rings is 1. The third-order valence-corrected chi connectivity index (χ3v) is 2.94. The van der Waals surface area contributed by atoms with E-state index in [1.165, 1.54) is 6.07 Å². The summed E-state index contributed by atoms with van der Waals surface area (Å²) in [5, 5.41) is 0. The van der Waals surface area contributed by atoms with Crippen molar-refractivity contribution in [2.24, 2.45) is 5.92 Å². The second-order valence-electron chi connectivity index (χ2n) is 4.00. The standard InChI is InChI=1S/C11H14F2N2/c1-2-7-5-15(6-7)11-4-10(14)8(12)3-9(11)13/h3-4,7H,2,5-6,14H2,1H3. The van der Waals surface area contributed by atoms with Crippen molar-refractivity contribution >= 4 is 11.4 Å². The third-order valence-electron chi connectivity index (χ3n) is 2.94. The Morgan fingerprint density at radius 3 is 2.60 bits per heavy atom. The SMILES string of the molecule is CCC1CN(c2cc(N)c(F)cc2F)C1. The van der Waals surface area contributed by atoms with Gasteiger partial charge in [0.05, 0.1) is 11.4 Å². The van der Waals surface area contributed by atoms with E-state index in [1.807, 2.05) is 4.90 Å². The van der Waals surface area contributed by atoms with Crippen molar-refractivity contribution in [3.63, 3.8) is 0 Å². The van der Waals surface area contributed by atoms with Crippen molar-refractivity contribution in [1.29, 1.82) is 0 Å². The monoisotopic (exact) mass is 212 g/mol. The molecule has 0 saturated carbocycles. The summed E-state index contributed by atoms with van der Waals surface area (Å²) in [5.41, 5.74) is 5.83. The van der Waals surface area contributed by atoms with Crippen LogP contribution in [0.2, 0.25) is 0 Å². The number of anilines is 2. The van der Waals surface area contributed by atoms with Gasteiger partial charge >= 0.3 is 0 Å². The van der Waals surface area contributed by atoms with Crippen molar-refractivity contribution in [3.8, 4) is 0 Å². The first kappa shape index (κ1) is 10.2. The molecule has 1 aliphatic rings. The van der Waals surface area contributed by atoms with Crippen LogP contribution in [-0.2, 0) is 0 Å². The number of nitrogen functional groups attached to an aromatic ring is 1. The van der Waals surface area contributed by atoms with Crippen LogP contribution in [0.25, 0.3) is 0 Å². The van der Waals surface area contributed by atoms with Crippen molar-refractivity contribution in [2.45, 2.75) is 13.3 Å². The minimum absolute atomic E-state index is 0.00588. The van der Waals surface area contributed by atoms with Gasteiger partial charge < -0.3 is 10.6 Å². The summed E-state index contributed by atoms with van der Waals surface area (Å²) < 4.78 is 26.3. The molecule has 0 unspecified atom stereocenters. The third kappa shape index (κ3) is 1.76. The van der Waals surface area contributed by atoms with Gasteiger partial charge in [-0.3, -0.25) is 0 Å². The van der Waals surface area contributed by atoms with Crippen molar-refractivity contribution < 1.29 is 8.78 Å². The summed E-state index contributed by atoms with van der Waals surface area (Å²) in [6.07, 6.45) is 1.09. The fourth-order valence-electron chi connectivity index (χ4n) is 1.82. The number of hydrogen-bond acceptors (Lipinski definition) is 2. The van der Waals surface area contributed by atoms with Crippen LogP contribution in [0.5, 0.6) is 0 Å². The van der Waals surface area contributed by atoms with E-state index in [1.54, 1.807) is 0 Å². The lowest BCUT2D eigenvalue weighted by Crippen LogP contribution is -2.46. The number of halogens is 2. The highest BCUT2D eigenvalue weighted by atomic mass is 19.1. The highest BCUT2D eigenvalue weighted by molar-refractivity contribution is 5.59. The van der Waals surface area contributed by atoms with Gasteiger partial charge in [0, 0.05) is 19.2 Å². The smallest absolute Gasteiger partial charge is 0.149 e. The zero-order valence-corrected chi connectivity index (χ0v) is 8.63. The first-order valence-corrected chi connectivity index (χ1v) is 5.11. The van der Waals surface area contributed by atoms with Crippen LogP contribution in [0.15, 0.2) is 12.1 Å². The molecule has 1 heterocycles. The van der Waals surface area contributed by atoms with Crippen LogP contribution in [0.4, 0.5) is 20.2 Å². The fraction of sp³-hybridized carbons (Fsp3) is 0.455. The Bertz CT molecular complexity index is 373. The van der Waals surface area contributed by atoms with Crippen LogP contribution in [0.1, 0.15) is 13.3 Å². The molecule has 1 saturated heterocycles. The highest BCUT2D eigenvalue weighted by Gasteiger charge is 2.27. The number of hydrogen-bond donors (Lipinski definition) is 1. The molecule has 15 heavy (non-hydrogen) atoms. The Morgan fingerprint density at radius 1 is 1.33 bits per heavy atom. The minimum atomic E-state index is -0.691. The summed E-state index contributed by atoms with van der Waals surface area (Å²) in [4.78, 5) is 1.89. The molecule has 1 aromatic rings. The van der Waals surface area contributed by atoms with E-state index in [4.69, 9.17) is 5.73 Å². The van der Waals surface area contributed by atoms with Gasteiger partial charge in [0.1, 0.15) is 11.6 Å². The molecule has 1 fully saturated rings. The minimum Gasteiger partial charge on any atom is -0.396 e. The van der Waals surface area contributed by atoms with Crippen LogP contribution in [-0.4, -0.2) is 13.1 Å². The zero-order valence-electron chi connectivity index (χ0n) is 8.63. The average Bonchev–Trinajstić information content (AvgIpc) is 2.12. The molecule has 2 rings (SSSR count). The predicted octanol–water partition coefficient (Wildman–Crippen LogP) is 2.39.